The van der Waals surface area contributed by atoms with E-state index in [9.17, 15) is 0 Å². The Bertz CT molecular complexity index is 343. The van der Waals surface area contributed by atoms with Gasteiger partial charge in [0.05, 0.1) is 0 Å². The summed E-state index contributed by atoms with van der Waals surface area (Å²) in [5, 5.41) is 4.15. The van der Waals surface area contributed by atoms with Crippen molar-refractivity contribution in [1.29, 1.82) is 0 Å². The summed E-state index contributed by atoms with van der Waals surface area (Å²) in [5.74, 6) is 2.81. The molecule has 2 bridgehead atoms. The molecule has 4 unspecified atom stereocenters. The first-order valence-electron chi connectivity index (χ1n) is 8.64. The van der Waals surface area contributed by atoms with Gasteiger partial charge in [0.1, 0.15) is 0 Å². The molecule has 6 atom stereocenters. The Kier molecular flexibility index (Phi) is 3.28. The van der Waals surface area contributed by atoms with Crippen molar-refractivity contribution in [3.05, 3.63) is 0 Å². The van der Waals surface area contributed by atoms with Crippen molar-refractivity contribution in [2.75, 3.05) is 0 Å². The molecule has 110 valence electrons. The molecule has 0 radical (unpaired) electrons. The highest BCUT2D eigenvalue weighted by atomic mass is 15.0. The molecule has 3 aliphatic carbocycles. The van der Waals surface area contributed by atoms with Gasteiger partial charge in [-0.1, -0.05) is 41.0 Å². The average Bonchev–Trinajstić information content (AvgIpc) is 2.95. The summed E-state index contributed by atoms with van der Waals surface area (Å²) in [6.07, 6.45) is 8.62. The van der Waals surface area contributed by atoms with E-state index in [0.29, 0.717) is 10.8 Å². The molecule has 0 aromatic heterocycles. The van der Waals surface area contributed by atoms with Gasteiger partial charge in [-0.05, 0) is 60.7 Å². The third kappa shape index (κ3) is 1.99. The fraction of sp³-hybridized carbons (Fsp3) is 1.00. The van der Waals surface area contributed by atoms with E-state index < -0.39 is 0 Å². The fourth-order valence-electron chi connectivity index (χ4n) is 5.99. The highest BCUT2D eigenvalue weighted by molar-refractivity contribution is 5.13. The molecule has 3 saturated carbocycles. The average molecular weight is 263 g/mol. The van der Waals surface area contributed by atoms with Gasteiger partial charge < -0.3 is 5.32 Å². The van der Waals surface area contributed by atoms with Gasteiger partial charge in [-0.3, -0.25) is 0 Å². The number of nitrogens with one attached hydrogen (secondary N) is 1. The van der Waals surface area contributed by atoms with Crippen molar-refractivity contribution in [2.24, 2.45) is 28.6 Å². The fourth-order valence-corrected chi connectivity index (χ4v) is 5.99. The van der Waals surface area contributed by atoms with E-state index in [0.717, 1.165) is 29.8 Å². The van der Waals surface area contributed by atoms with E-state index >= 15 is 0 Å². The smallest absolute Gasteiger partial charge is 0.0177 e. The molecule has 1 nitrogen and oxygen atoms in total. The molecule has 0 spiro atoms. The van der Waals surface area contributed by atoms with Crippen LogP contribution in [0.2, 0.25) is 0 Å². The number of rotatable bonds is 3. The third-order valence-electron chi connectivity index (χ3n) is 7.40. The quantitative estimate of drug-likeness (QED) is 0.783. The second-order valence-corrected chi connectivity index (χ2v) is 8.73. The Balaban J connectivity index is 1.73. The number of hydrogen-bond acceptors (Lipinski definition) is 1. The first-order valence-corrected chi connectivity index (χ1v) is 8.64. The van der Waals surface area contributed by atoms with Gasteiger partial charge in [0.25, 0.3) is 0 Å². The molecule has 0 saturated heterocycles. The minimum atomic E-state index is 0.511. The van der Waals surface area contributed by atoms with E-state index in [1.165, 1.54) is 38.5 Å². The van der Waals surface area contributed by atoms with E-state index in [1.807, 2.05) is 0 Å². The van der Waals surface area contributed by atoms with E-state index in [1.54, 1.807) is 0 Å². The maximum Gasteiger partial charge on any atom is 0.0177 e. The molecule has 3 aliphatic rings. The first kappa shape index (κ1) is 13.9. The van der Waals surface area contributed by atoms with Crippen LogP contribution in [0, 0.1) is 28.6 Å². The molecule has 0 aliphatic heterocycles. The summed E-state index contributed by atoms with van der Waals surface area (Å²) in [5.41, 5.74) is 1.09. The summed E-state index contributed by atoms with van der Waals surface area (Å²) in [6, 6.07) is 1.53. The van der Waals surface area contributed by atoms with Crippen LogP contribution < -0.4 is 5.32 Å². The maximum absolute atomic E-state index is 4.15. The van der Waals surface area contributed by atoms with Crippen LogP contribution in [-0.4, -0.2) is 12.1 Å². The van der Waals surface area contributed by atoms with Crippen LogP contribution >= 0.6 is 0 Å². The van der Waals surface area contributed by atoms with Gasteiger partial charge in [0, 0.05) is 12.1 Å². The zero-order valence-corrected chi connectivity index (χ0v) is 13.6. The minimum Gasteiger partial charge on any atom is -0.310 e. The van der Waals surface area contributed by atoms with Crippen LogP contribution in [0.15, 0.2) is 0 Å². The van der Waals surface area contributed by atoms with Crippen LogP contribution in [0.1, 0.15) is 73.1 Å². The normalized spacial score (nSPS) is 51.9. The molecule has 1 heteroatoms. The Morgan fingerprint density at radius 2 is 1.84 bits per heavy atom. The predicted octanol–water partition coefficient (Wildman–Crippen LogP) is 4.62. The number of hydrogen-bond donors (Lipinski definition) is 1. The molecule has 1 N–H and O–H groups in total. The highest BCUT2D eigenvalue weighted by Gasteiger charge is 2.59. The van der Waals surface area contributed by atoms with Crippen LogP contribution in [0.4, 0.5) is 0 Å². The van der Waals surface area contributed by atoms with Gasteiger partial charge in [0.2, 0.25) is 0 Å². The van der Waals surface area contributed by atoms with Crippen LogP contribution in [0.25, 0.3) is 0 Å². The topological polar surface area (TPSA) is 12.0 Å². The van der Waals surface area contributed by atoms with Crippen molar-refractivity contribution in [1.82, 2.24) is 5.32 Å². The Hall–Kier alpha value is -0.0400. The Morgan fingerprint density at radius 1 is 1.11 bits per heavy atom. The molecule has 0 aromatic carbocycles. The minimum absolute atomic E-state index is 0.511. The zero-order valence-electron chi connectivity index (χ0n) is 13.6. The van der Waals surface area contributed by atoms with Gasteiger partial charge in [-0.15, -0.1) is 0 Å². The standard InChI is InChI=1S/C18H33N/c1-6-13-7-8-15(12(13)2)19-16-17(3,4)14-9-10-18(16,5)11-14/h12-16,19H,6-11H2,1-5H3/t12?,13?,14-,15?,16?,18+/m0/s1. The molecule has 19 heavy (non-hydrogen) atoms. The van der Waals surface area contributed by atoms with E-state index in [2.05, 4.69) is 39.9 Å². The van der Waals surface area contributed by atoms with E-state index in [-0.39, 0.29) is 0 Å². The lowest BCUT2D eigenvalue weighted by molar-refractivity contribution is 0.0919. The Labute approximate surface area is 119 Å². The van der Waals surface area contributed by atoms with Gasteiger partial charge in [-0.2, -0.15) is 0 Å². The molecule has 0 heterocycles. The second kappa shape index (κ2) is 4.48. The van der Waals surface area contributed by atoms with Crippen molar-refractivity contribution in [2.45, 2.75) is 85.2 Å². The second-order valence-electron chi connectivity index (χ2n) is 8.73. The van der Waals surface area contributed by atoms with Crippen molar-refractivity contribution < 1.29 is 0 Å². The molecular weight excluding hydrogens is 230 g/mol. The Morgan fingerprint density at radius 3 is 2.37 bits per heavy atom. The van der Waals surface area contributed by atoms with E-state index in [4.69, 9.17) is 0 Å². The van der Waals surface area contributed by atoms with Crippen molar-refractivity contribution >= 4 is 0 Å². The zero-order chi connectivity index (χ0) is 13.8. The number of fused-ring (bicyclic) bond motifs is 2. The first-order chi connectivity index (χ1) is 8.88. The molecule has 3 fully saturated rings. The third-order valence-corrected chi connectivity index (χ3v) is 7.40. The van der Waals surface area contributed by atoms with Crippen molar-refractivity contribution in [3.63, 3.8) is 0 Å². The predicted molar refractivity (Wildman–Crippen MR) is 82.1 cm³/mol. The highest BCUT2D eigenvalue weighted by Crippen LogP contribution is 2.62. The molecule has 0 aromatic rings. The summed E-state index contributed by atoms with van der Waals surface area (Å²) < 4.78 is 0. The van der Waals surface area contributed by atoms with Crippen LogP contribution in [0.3, 0.4) is 0 Å². The summed E-state index contributed by atoms with van der Waals surface area (Å²) in [7, 11) is 0. The lowest BCUT2D eigenvalue weighted by Crippen LogP contribution is -2.54. The SMILES string of the molecule is CCC1CCC(NC2C(C)(C)[C@H]3CC[C@]2(C)C3)C1C. The van der Waals surface area contributed by atoms with Gasteiger partial charge in [-0.25, -0.2) is 0 Å². The van der Waals surface area contributed by atoms with Crippen LogP contribution in [-0.2, 0) is 0 Å². The largest absolute Gasteiger partial charge is 0.310 e. The van der Waals surface area contributed by atoms with Gasteiger partial charge >= 0.3 is 0 Å². The van der Waals surface area contributed by atoms with Crippen molar-refractivity contribution in [3.8, 4) is 0 Å². The van der Waals surface area contributed by atoms with Gasteiger partial charge in [0.15, 0.2) is 0 Å². The molecular formula is C18H33N. The maximum atomic E-state index is 4.15. The summed E-state index contributed by atoms with van der Waals surface area (Å²) in [4.78, 5) is 0. The lowest BCUT2D eigenvalue weighted by Gasteiger charge is -2.45. The lowest BCUT2D eigenvalue weighted by atomic mass is 9.68. The molecule has 0 amide bonds. The summed E-state index contributed by atoms with van der Waals surface area (Å²) >= 11 is 0. The monoisotopic (exact) mass is 263 g/mol. The summed E-state index contributed by atoms with van der Waals surface area (Å²) in [6.45, 7) is 12.5. The van der Waals surface area contributed by atoms with Crippen LogP contribution in [0.5, 0.6) is 0 Å². The molecule has 3 rings (SSSR count).